The van der Waals surface area contributed by atoms with Crippen molar-refractivity contribution in [2.24, 2.45) is 5.92 Å². The highest BCUT2D eigenvalue weighted by molar-refractivity contribution is 6.34. The molecule has 0 aromatic heterocycles. The minimum atomic E-state index is -0.143. The lowest BCUT2D eigenvalue weighted by atomic mass is 10.0. The number of carbonyl (C=O) groups is 1. The van der Waals surface area contributed by atoms with Crippen molar-refractivity contribution in [2.75, 3.05) is 5.73 Å². The predicted molar refractivity (Wildman–Crippen MR) is 72.2 cm³/mol. The number of rotatable bonds is 4. The Morgan fingerprint density at radius 1 is 1.47 bits per heavy atom. The highest BCUT2D eigenvalue weighted by atomic mass is 35.5. The summed E-state index contributed by atoms with van der Waals surface area (Å²) in [6.07, 6.45) is 0.899. The fourth-order valence-electron chi connectivity index (χ4n) is 1.70. The van der Waals surface area contributed by atoms with E-state index in [0.29, 0.717) is 22.2 Å². The average molecular weight is 255 g/mol. The van der Waals surface area contributed by atoms with Crippen LogP contribution in [0.1, 0.15) is 37.6 Å². The lowest BCUT2D eigenvalue weighted by Gasteiger charge is -2.21. The quantitative estimate of drug-likeness (QED) is 0.812. The molecular formula is C13H19ClN2O. The molecule has 0 radical (unpaired) electrons. The van der Waals surface area contributed by atoms with Crippen LogP contribution in [0.25, 0.3) is 0 Å². The van der Waals surface area contributed by atoms with Gasteiger partial charge in [0, 0.05) is 11.7 Å². The minimum absolute atomic E-state index is 0.143. The Morgan fingerprint density at radius 2 is 2.12 bits per heavy atom. The zero-order chi connectivity index (χ0) is 13.0. The van der Waals surface area contributed by atoms with Gasteiger partial charge in [0.25, 0.3) is 5.91 Å². The molecule has 0 aliphatic rings. The number of carbonyl (C=O) groups excluding carboxylic acids is 1. The van der Waals surface area contributed by atoms with Gasteiger partial charge in [-0.05, 0) is 30.5 Å². The molecule has 0 bridgehead atoms. The summed E-state index contributed by atoms with van der Waals surface area (Å²) in [7, 11) is 0. The molecule has 1 unspecified atom stereocenters. The first kappa shape index (κ1) is 13.8. The van der Waals surface area contributed by atoms with Crippen molar-refractivity contribution in [3.05, 3.63) is 28.8 Å². The second-order valence-electron chi connectivity index (χ2n) is 4.47. The lowest BCUT2D eigenvalue weighted by Crippen LogP contribution is -2.38. The summed E-state index contributed by atoms with van der Waals surface area (Å²) < 4.78 is 0. The molecule has 1 amide bonds. The van der Waals surface area contributed by atoms with E-state index in [1.807, 2.05) is 0 Å². The van der Waals surface area contributed by atoms with E-state index in [-0.39, 0.29) is 11.9 Å². The van der Waals surface area contributed by atoms with Crippen molar-refractivity contribution < 1.29 is 4.79 Å². The maximum Gasteiger partial charge on any atom is 0.253 e. The van der Waals surface area contributed by atoms with Crippen molar-refractivity contribution in [1.82, 2.24) is 5.32 Å². The summed E-state index contributed by atoms with van der Waals surface area (Å²) >= 11 is 5.99. The van der Waals surface area contributed by atoms with Gasteiger partial charge in [0.05, 0.1) is 10.6 Å². The van der Waals surface area contributed by atoms with E-state index in [0.717, 1.165) is 6.42 Å². The number of hydrogen-bond acceptors (Lipinski definition) is 2. The van der Waals surface area contributed by atoms with Crippen molar-refractivity contribution >= 4 is 23.2 Å². The molecule has 0 fully saturated rings. The van der Waals surface area contributed by atoms with Gasteiger partial charge in [0.1, 0.15) is 0 Å². The number of nitrogens with one attached hydrogen (secondary N) is 1. The third-order valence-corrected chi connectivity index (χ3v) is 3.11. The van der Waals surface area contributed by atoms with Crippen LogP contribution in [-0.4, -0.2) is 11.9 Å². The maximum absolute atomic E-state index is 12.0. The average Bonchev–Trinajstić information content (AvgIpc) is 2.24. The highest BCUT2D eigenvalue weighted by Gasteiger charge is 2.17. The van der Waals surface area contributed by atoms with Gasteiger partial charge < -0.3 is 11.1 Å². The standard InChI is InChI=1S/C13H19ClN2O/c1-4-12(8(2)3)16-13(17)10-6-5-9(15)7-11(10)14/h5-8,12H,4,15H2,1-3H3,(H,16,17). The molecule has 3 nitrogen and oxygen atoms in total. The van der Waals surface area contributed by atoms with Crippen molar-refractivity contribution in [1.29, 1.82) is 0 Å². The summed E-state index contributed by atoms with van der Waals surface area (Å²) in [6.45, 7) is 6.22. The Balaban J connectivity index is 2.82. The van der Waals surface area contributed by atoms with Crippen LogP contribution in [0.5, 0.6) is 0 Å². The van der Waals surface area contributed by atoms with Gasteiger partial charge in [-0.3, -0.25) is 4.79 Å². The van der Waals surface area contributed by atoms with Gasteiger partial charge in [0.2, 0.25) is 0 Å². The fourth-order valence-corrected chi connectivity index (χ4v) is 1.98. The van der Waals surface area contributed by atoms with E-state index in [1.165, 1.54) is 0 Å². The monoisotopic (exact) mass is 254 g/mol. The summed E-state index contributed by atoms with van der Waals surface area (Å²) in [6, 6.07) is 5.08. The Bertz CT molecular complexity index is 404. The summed E-state index contributed by atoms with van der Waals surface area (Å²) in [4.78, 5) is 12.0. The molecule has 0 saturated carbocycles. The van der Waals surface area contributed by atoms with Crippen molar-refractivity contribution in [3.8, 4) is 0 Å². The van der Waals surface area contributed by atoms with Gasteiger partial charge in [0.15, 0.2) is 0 Å². The second-order valence-corrected chi connectivity index (χ2v) is 4.88. The molecule has 0 aliphatic carbocycles. The number of nitrogens with two attached hydrogens (primary N) is 1. The number of halogens is 1. The first-order chi connectivity index (χ1) is 7.95. The molecule has 4 heteroatoms. The largest absolute Gasteiger partial charge is 0.399 e. The van der Waals surface area contributed by atoms with Crippen LogP contribution in [0.4, 0.5) is 5.69 Å². The third-order valence-electron chi connectivity index (χ3n) is 2.80. The van der Waals surface area contributed by atoms with E-state index in [4.69, 9.17) is 17.3 Å². The molecule has 0 aliphatic heterocycles. The van der Waals surface area contributed by atoms with Crippen LogP contribution < -0.4 is 11.1 Å². The normalized spacial score (nSPS) is 12.5. The van der Waals surface area contributed by atoms with E-state index < -0.39 is 0 Å². The van der Waals surface area contributed by atoms with Gasteiger partial charge >= 0.3 is 0 Å². The van der Waals surface area contributed by atoms with Crippen LogP contribution >= 0.6 is 11.6 Å². The molecule has 0 heterocycles. The van der Waals surface area contributed by atoms with Crippen LogP contribution in [-0.2, 0) is 0 Å². The molecule has 1 rings (SSSR count). The summed E-state index contributed by atoms with van der Waals surface area (Å²) in [5, 5.41) is 3.37. The molecular weight excluding hydrogens is 236 g/mol. The van der Waals surface area contributed by atoms with E-state index in [9.17, 15) is 4.79 Å². The van der Waals surface area contributed by atoms with E-state index >= 15 is 0 Å². The topological polar surface area (TPSA) is 55.1 Å². The number of anilines is 1. The van der Waals surface area contributed by atoms with Gasteiger partial charge in [-0.1, -0.05) is 32.4 Å². The Kier molecular flexibility index (Phi) is 4.82. The lowest BCUT2D eigenvalue weighted by molar-refractivity contribution is 0.0925. The minimum Gasteiger partial charge on any atom is -0.399 e. The van der Waals surface area contributed by atoms with Crippen molar-refractivity contribution in [3.63, 3.8) is 0 Å². The molecule has 94 valence electrons. The second kappa shape index (κ2) is 5.92. The Morgan fingerprint density at radius 3 is 2.59 bits per heavy atom. The van der Waals surface area contributed by atoms with E-state index in [2.05, 4.69) is 26.1 Å². The Hall–Kier alpha value is -1.22. The first-order valence-corrected chi connectivity index (χ1v) is 6.19. The predicted octanol–water partition coefficient (Wildman–Crippen LogP) is 3.09. The maximum atomic E-state index is 12.0. The number of nitrogen functional groups attached to an aromatic ring is 1. The smallest absolute Gasteiger partial charge is 0.253 e. The number of hydrogen-bond donors (Lipinski definition) is 2. The number of amides is 1. The van der Waals surface area contributed by atoms with E-state index in [1.54, 1.807) is 18.2 Å². The van der Waals surface area contributed by atoms with Crippen LogP contribution in [0.3, 0.4) is 0 Å². The molecule has 0 saturated heterocycles. The van der Waals surface area contributed by atoms with Crippen LogP contribution in [0.15, 0.2) is 18.2 Å². The molecule has 17 heavy (non-hydrogen) atoms. The van der Waals surface area contributed by atoms with Crippen molar-refractivity contribution in [2.45, 2.75) is 33.2 Å². The zero-order valence-electron chi connectivity index (χ0n) is 10.5. The highest BCUT2D eigenvalue weighted by Crippen LogP contribution is 2.19. The molecule has 0 spiro atoms. The summed E-state index contributed by atoms with van der Waals surface area (Å²) in [5.74, 6) is 0.257. The third kappa shape index (κ3) is 3.63. The zero-order valence-corrected chi connectivity index (χ0v) is 11.2. The first-order valence-electron chi connectivity index (χ1n) is 5.81. The molecule has 1 aromatic rings. The Labute approximate surface area is 107 Å². The number of benzene rings is 1. The fraction of sp³-hybridized carbons (Fsp3) is 0.462. The van der Waals surface area contributed by atoms with Gasteiger partial charge in [-0.15, -0.1) is 0 Å². The summed E-state index contributed by atoms with van der Waals surface area (Å²) in [5.41, 5.74) is 6.62. The van der Waals surface area contributed by atoms with Gasteiger partial charge in [-0.2, -0.15) is 0 Å². The molecule has 3 N–H and O–H groups in total. The van der Waals surface area contributed by atoms with Crippen LogP contribution in [0.2, 0.25) is 5.02 Å². The molecule has 1 atom stereocenters. The molecule has 1 aromatic carbocycles. The SMILES string of the molecule is CCC(NC(=O)c1ccc(N)cc1Cl)C(C)C. The van der Waals surface area contributed by atoms with Crippen LogP contribution in [0, 0.1) is 5.92 Å². The van der Waals surface area contributed by atoms with Gasteiger partial charge in [-0.25, -0.2) is 0 Å².